The Morgan fingerprint density at radius 2 is 1.60 bits per heavy atom. The molecule has 158 valence electrons. The molecule has 0 aliphatic heterocycles. The lowest BCUT2D eigenvalue weighted by atomic mass is 10.1. The highest BCUT2D eigenvalue weighted by Crippen LogP contribution is 2.38. The van der Waals surface area contributed by atoms with E-state index in [9.17, 15) is 4.79 Å². The van der Waals surface area contributed by atoms with Gasteiger partial charge in [-0.3, -0.25) is 9.89 Å². The molecule has 0 aliphatic carbocycles. The van der Waals surface area contributed by atoms with Crippen molar-refractivity contribution in [2.45, 2.75) is 13.3 Å². The van der Waals surface area contributed by atoms with Crippen molar-refractivity contribution in [2.24, 2.45) is 0 Å². The van der Waals surface area contributed by atoms with Gasteiger partial charge in [-0.1, -0.05) is 6.92 Å². The van der Waals surface area contributed by atoms with Gasteiger partial charge in [0.05, 0.1) is 39.8 Å². The van der Waals surface area contributed by atoms with Crippen LogP contribution in [-0.2, 0) is 6.42 Å². The Balaban J connectivity index is 2.02. The van der Waals surface area contributed by atoms with Crippen molar-refractivity contribution in [3.8, 4) is 34.3 Å². The molecule has 0 aliphatic rings. The Morgan fingerprint density at radius 3 is 2.17 bits per heavy atom. The average Bonchev–Trinajstić information content (AvgIpc) is 3.20. The van der Waals surface area contributed by atoms with Gasteiger partial charge in [-0.05, 0) is 30.7 Å². The second kappa shape index (κ2) is 9.21. The summed E-state index contributed by atoms with van der Waals surface area (Å²) in [5.41, 5.74) is 3.10. The molecule has 2 aromatic carbocycles. The van der Waals surface area contributed by atoms with Gasteiger partial charge in [0.1, 0.15) is 28.7 Å². The number of nitrogens with one attached hydrogen (secondary N) is 2. The number of amides is 1. The second-order valence-corrected chi connectivity index (χ2v) is 6.40. The van der Waals surface area contributed by atoms with Crippen LogP contribution in [0, 0.1) is 0 Å². The number of rotatable bonds is 8. The van der Waals surface area contributed by atoms with Crippen molar-refractivity contribution in [3.63, 3.8) is 0 Å². The molecule has 0 radical (unpaired) electrons. The van der Waals surface area contributed by atoms with E-state index in [0.29, 0.717) is 46.4 Å². The first-order valence-electron chi connectivity index (χ1n) is 9.38. The Hall–Kier alpha value is -3.68. The van der Waals surface area contributed by atoms with Crippen LogP contribution in [0.5, 0.6) is 23.0 Å². The highest BCUT2D eigenvalue weighted by Gasteiger charge is 2.21. The van der Waals surface area contributed by atoms with E-state index < -0.39 is 0 Å². The third kappa shape index (κ3) is 4.17. The van der Waals surface area contributed by atoms with E-state index in [0.717, 1.165) is 11.3 Å². The molecule has 0 saturated heterocycles. The molecule has 8 heteroatoms. The molecule has 1 aromatic heterocycles. The summed E-state index contributed by atoms with van der Waals surface area (Å²) in [5.74, 6) is 1.99. The standard InChI is InChI=1S/C22H25N3O5/c1-6-18-21(23-22(26)13-9-15(28-3)11-16(10-13)29-4)20(25-24-18)17-8-7-14(27-2)12-19(17)30-5/h7-12H,6H2,1-5H3,(H,23,26)(H,24,25). The monoisotopic (exact) mass is 411 g/mol. The largest absolute Gasteiger partial charge is 0.497 e. The van der Waals surface area contributed by atoms with Gasteiger partial charge in [-0.15, -0.1) is 0 Å². The van der Waals surface area contributed by atoms with Gasteiger partial charge in [-0.2, -0.15) is 5.10 Å². The number of benzene rings is 2. The SMILES string of the molecule is CCc1[nH]nc(-c2ccc(OC)cc2OC)c1NC(=O)c1cc(OC)cc(OC)c1. The van der Waals surface area contributed by atoms with Crippen LogP contribution in [0.2, 0.25) is 0 Å². The smallest absolute Gasteiger partial charge is 0.256 e. The minimum Gasteiger partial charge on any atom is -0.497 e. The summed E-state index contributed by atoms with van der Waals surface area (Å²) in [7, 11) is 6.24. The molecule has 8 nitrogen and oxygen atoms in total. The summed E-state index contributed by atoms with van der Waals surface area (Å²) >= 11 is 0. The van der Waals surface area contributed by atoms with Crippen LogP contribution in [0.25, 0.3) is 11.3 Å². The fourth-order valence-corrected chi connectivity index (χ4v) is 3.08. The summed E-state index contributed by atoms with van der Waals surface area (Å²) in [6, 6.07) is 10.4. The van der Waals surface area contributed by atoms with Crippen molar-refractivity contribution in [1.82, 2.24) is 10.2 Å². The number of aromatic amines is 1. The van der Waals surface area contributed by atoms with Gasteiger partial charge in [0, 0.05) is 23.3 Å². The molecule has 1 heterocycles. The predicted molar refractivity (Wildman–Crippen MR) is 114 cm³/mol. The number of aryl methyl sites for hydroxylation is 1. The lowest BCUT2D eigenvalue weighted by molar-refractivity contribution is 0.102. The Kier molecular flexibility index (Phi) is 6.46. The molecular weight excluding hydrogens is 386 g/mol. The van der Waals surface area contributed by atoms with Crippen molar-refractivity contribution < 1.29 is 23.7 Å². The molecule has 3 rings (SSSR count). The molecule has 0 spiro atoms. The molecule has 2 N–H and O–H groups in total. The number of aromatic nitrogens is 2. The first-order valence-corrected chi connectivity index (χ1v) is 9.38. The van der Waals surface area contributed by atoms with Crippen molar-refractivity contribution in [2.75, 3.05) is 33.8 Å². The number of anilines is 1. The van der Waals surface area contributed by atoms with Crippen LogP contribution in [0.1, 0.15) is 23.0 Å². The van der Waals surface area contributed by atoms with Gasteiger partial charge in [0.15, 0.2) is 0 Å². The lowest BCUT2D eigenvalue weighted by Gasteiger charge is -2.13. The molecule has 0 bridgehead atoms. The van der Waals surface area contributed by atoms with Gasteiger partial charge in [0.25, 0.3) is 5.91 Å². The highest BCUT2D eigenvalue weighted by molar-refractivity contribution is 6.07. The van der Waals surface area contributed by atoms with Gasteiger partial charge in [0.2, 0.25) is 0 Å². The molecule has 1 amide bonds. The van der Waals surface area contributed by atoms with E-state index in [2.05, 4.69) is 15.5 Å². The maximum atomic E-state index is 13.0. The number of carbonyl (C=O) groups is 1. The number of methoxy groups -OCH3 is 4. The Morgan fingerprint density at radius 1 is 0.933 bits per heavy atom. The first-order chi connectivity index (χ1) is 14.5. The molecule has 0 fully saturated rings. The number of hydrogen-bond acceptors (Lipinski definition) is 6. The van der Waals surface area contributed by atoms with Crippen LogP contribution < -0.4 is 24.3 Å². The van der Waals surface area contributed by atoms with E-state index in [-0.39, 0.29) is 5.91 Å². The molecule has 30 heavy (non-hydrogen) atoms. The highest BCUT2D eigenvalue weighted by atomic mass is 16.5. The summed E-state index contributed by atoms with van der Waals surface area (Å²) in [6.45, 7) is 1.98. The summed E-state index contributed by atoms with van der Waals surface area (Å²) in [5, 5.41) is 10.4. The Labute approximate surface area is 175 Å². The number of carbonyl (C=O) groups excluding carboxylic acids is 1. The van der Waals surface area contributed by atoms with E-state index in [4.69, 9.17) is 18.9 Å². The Bertz CT molecular complexity index is 1020. The maximum Gasteiger partial charge on any atom is 0.256 e. The second-order valence-electron chi connectivity index (χ2n) is 6.40. The van der Waals surface area contributed by atoms with Crippen LogP contribution in [0.4, 0.5) is 5.69 Å². The summed E-state index contributed by atoms with van der Waals surface area (Å²) < 4.78 is 21.3. The zero-order valence-electron chi connectivity index (χ0n) is 17.7. The van der Waals surface area contributed by atoms with E-state index in [1.165, 1.54) is 14.2 Å². The van der Waals surface area contributed by atoms with E-state index >= 15 is 0 Å². The number of H-pyrrole nitrogens is 1. The summed E-state index contributed by atoms with van der Waals surface area (Å²) in [6.07, 6.45) is 0.655. The predicted octanol–water partition coefficient (Wildman–Crippen LogP) is 3.93. The van der Waals surface area contributed by atoms with Crippen molar-refractivity contribution >= 4 is 11.6 Å². The minimum atomic E-state index is -0.308. The van der Waals surface area contributed by atoms with E-state index in [1.54, 1.807) is 38.5 Å². The van der Waals surface area contributed by atoms with Crippen LogP contribution in [0.15, 0.2) is 36.4 Å². The quantitative estimate of drug-likeness (QED) is 0.583. The lowest BCUT2D eigenvalue weighted by Crippen LogP contribution is -2.13. The van der Waals surface area contributed by atoms with Crippen molar-refractivity contribution in [1.29, 1.82) is 0 Å². The third-order valence-corrected chi connectivity index (χ3v) is 4.71. The topological polar surface area (TPSA) is 94.7 Å². The maximum absolute atomic E-state index is 13.0. The van der Waals surface area contributed by atoms with E-state index in [1.807, 2.05) is 19.1 Å². The van der Waals surface area contributed by atoms with Crippen LogP contribution in [0.3, 0.4) is 0 Å². The molecular formula is C22H25N3O5. The van der Waals surface area contributed by atoms with Gasteiger partial charge in [-0.25, -0.2) is 0 Å². The zero-order valence-corrected chi connectivity index (χ0v) is 17.7. The molecule has 0 atom stereocenters. The number of nitrogens with zero attached hydrogens (tertiary/aromatic N) is 1. The van der Waals surface area contributed by atoms with Crippen LogP contribution in [-0.4, -0.2) is 44.5 Å². The van der Waals surface area contributed by atoms with Gasteiger partial charge >= 0.3 is 0 Å². The summed E-state index contributed by atoms with van der Waals surface area (Å²) in [4.78, 5) is 13.0. The van der Waals surface area contributed by atoms with Crippen molar-refractivity contribution in [3.05, 3.63) is 47.7 Å². The van der Waals surface area contributed by atoms with Gasteiger partial charge < -0.3 is 24.3 Å². The fraction of sp³-hybridized carbons (Fsp3) is 0.273. The third-order valence-electron chi connectivity index (χ3n) is 4.71. The number of ether oxygens (including phenoxy) is 4. The average molecular weight is 411 g/mol. The van der Waals surface area contributed by atoms with Crippen LogP contribution >= 0.6 is 0 Å². The normalized spacial score (nSPS) is 10.4. The number of hydrogen-bond donors (Lipinski definition) is 2. The molecule has 0 saturated carbocycles. The fourth-order valence-electron chi connectivity index (χ4n) is 3.08. The molecule has 3 aromatic rings. The molecule has 0 unspecified atom stereocenters. The zero-order chi connectivity index (χ0) is 21.7. The first kappa shape index (κ1) is 21.0. The minimum absolute atomic E-state index is 0.308.